The van der Waals surface area contributed by atoms with Crippen LogP contribution in [0.5, 0.6) is 5.75 Å². The topological polar surface area (TPSA) is 58.6 Å². The zero-order chi connectivity index (χ0) is 17.8. The molecule has 0 unspecified atom stereocenters. The molecule has 2 aromatic rings. The third-order valence-corrected chi connectivity index (χ3v) is 4.68. The SMILES string of the molecule is CCCN1C(=O)C(Nc2cccc(OCC)c2)=C(c2cccs2)C1=O. The minimum Gasteiger partial charge on any atom is -0.494 e. The van der Waals surface area contributed by atoms with Crippen LogP contribution in [0.1, 0.15) is 25.1 Å². The van der Waals surface area contributed by atoms with Crippen molar-refractivity contribution in [2.24, 2.45) is 0 Å². The first-order chi connectivity index (χ1) is 12.2. The molecule has 1 aliphatic heterocycles. The molecule has 1 aromatic carbocycles. The van der Waals surface area contributed by atoms with Crippen LogP contribution in [0.4, 0.5) is 5.69 Å². The number of amides is 2. The number of anilines is 1. The molecule has 2 heterocycles. The van der Waals surface area contributed by atoms with Crippen molar-refractivity contribution in [3.63, 3.8) is 0 Å². The number of carbonyl (C=O) groups is 2. The highest BCUT2D eigenvalue weighted by molar-refractivity contribution is 7.11. The number of ether oxygens (including phenoxy) is 1. The van der Waals surface area contributed by atoms with Crippen LogP contribution in [0.2, 0.25) is 0 Å². The zero-order valence-electron chi connectivity index (χ0n) is 14.2. The zero-order valence-corrected chi connectivity index (χ0v) is 15.1. The molecule has 2 amide bonds. The summed E-state index contributed by atoms with van der Waals surface area (Å²) in [6.07, 6.45) is 0.725. The molecule has 0 fully saturated rings. The van der Waals surface area contributed by atoms with Crippen molar-refractivity contribution in [3.8, 4) is 5.75 Å². The smallest absolute Gasteiger partial charge is 0.278 e. The van der Waals surface area contributed by atoms with Gasteiger partial charge in [0.1, 0.15) is 11.4 Å². The van der Waals surface area contributed by atoms with E-state index in [1.807, 2.05) is 55.6 Å². The molecule has 0 radical (unpaired) electrons. The van der Waals surface area contributed by atoms with Crippen LogP contribution in [0.3, 0.4) is 0 Å². The number of carbonyl (C=O) groups excluding carboxylic acids is 2. The molecule has 0 atom stereocenters. The minimum atomic E-state index is -0.280. The molecule has 1 aromatic heterocycles. The van der Waals surface area contributed by atoms with Crippen molar-refractivity contribution in [3.05, 3.63) is 52.4 Å². The van der Waals surface area contributed by atoms with Gasteiger partial charge in [-0.15, -0.1) is 11.3 Å². The van der Waals surface area contributed by atoms with Gasteiger partial charge >= 0.3 is 0 Å². The number of thiophene rings is 1. The predicted molar refractivity (Wildman–Crippen MR) is 99.5 cm³/mol. The Morgan fingerprint density at radius 3 is 2.64 bits per heavy atom. The van der Waals surface area contributed by atoms with E-state index in [4.69, 9.17) is 4.74 Å². The fourth-order valence-corrected chi connectivity index (χ4v) is 3.51. The van der Waals surface area contributed by atoms with E-state index < -0.39 is 0 Å². The standard InChI is InChI=1S/C19H20N2O3S/c1-3-10-21-18(22)16(15-9-6-11-25-15)17(19(21)23)20-13-7-5-8-14(12-13)24-4-2/h5-9,11-12,20H,3-4,10H2,1-2H3. The number of rotatable bonds is 7. The van der Waals surface area contributed by atoms with Gasteiger partial charge in [-0.25, -0.2) is 0 Å². The molecule has 0 saturated heterocycles. The van der Waals surface area contributed by atoms with Gasteiger partial charge in [0, 0.05) is 23.2 Å². The van der Waals surface area contributed by atoms with E-state index in [-0.39, 0.29) is 11.8 Å². The van der Waals surface area contributed by atoms with E-state index in [0.29, 0.717) is 30.2 Å². The van der Waals surface area contributed by atoms with Crippen molar-refractivity contribution in [2.75, 3.05) is 18.5 Å². The molecule has 1 aliphatic rings. The van der Waals surface area contributed by atoms with Gasteiger partial charge in [-0.2, -0.15) is 0 Å². The molecule has 130 valence electrons. The summed E-state index contributed by atoms with van der Waals surface area (Å²) in [4.78, 5) is 27.6. The van der Waals surface area contributed by atoms with Crippen LogP contribution in [0.15, 0.2) is 47.5 Å². The second kappa shape index (κ2) is 7.53. The molecule has 1 N–H and O–H groups in total. The normalized spacial score (nSPS) is 14.4. The van der Waals surface area contributed by atoms with E-state index in [2.05, 4.69) is 5.32 Å². The average Bonchev–Trinajstić information content (AvgIpc) is 3.19. The predicted octanol–water partition coefficient (Wildman–Crippen LogP) is 3.75. The quantitative estimate of drug-likeness (QED) is 0.768. The van der Waals surface area contributed by atoms with Gasteiger partial charge in [0.2, 0.25) is 0 Å². The fraction of sp³-hybridized carbons (Fsp3) is 0.263. The fourth-order valence-electron chi connectivity index (χ4n) is 2.74. The van der Waals surface area contributed by atoms with Crippen molar-refractivity contribution < 1.29 is 14.3 Å². The highest BCUT2D eigenvalue weighted by Gasteiger charge is 2.39. The first-order valence-corrected chi connectivity index (χ1v) is 9.17. The largest absolute Gasteiger partial charge is 0.494 e. The summed E-state index contributed by atoms with van der Waals surface area (Å²) in [6, 6.07) is 11.1. The molecule has 25 heavy (non-hydrogen) atoms. The van der Waals surface area contributed by atoms with Crippen LogP contribution in [-0.2, 0) is 9.59 Å². The number of nitrogens with zero attached hydrogens (tertiary/aromatic N) is 1. The molecular formula is C19H20N2O3S. The average molecular weight is 356 g/mol. The Kier molecular flexibility index (Phi) is 5.19. The van der Waals surface area contributed by atoms with Crippen LogP contribution in [-0.4, -0.2) is 29.9 Å². The first kappa shape index (κ1) is 17.2. The highest BCUT2D eigenvalue weighted by atomic mass is 32.1. The maximum Gasteiger partial charge on any atom is 0.278 e. The molecule has 6 heteroatoms. The molecule has 0 spiro atoms. The lowest BCUT2D eigenvalue weighted by Gasteiger charge is -2.14. The van der Waals surface area contributed by atoms with Crippen molar-refractivity contribution in [1.82, 2.24) is 4.90 Å². The number of benzene rings is 1. The van der Waals surface area contributed by atoms with Gasteiger partial charge in [-0.05, 0) is 36.9 Å². The molecule has 0 aliphatic carbocycles. The Morgan fingerprint density at radius 2 is 1.96 bits per heavy atom. The maximum absolute atomic E-state index is 12.8. The molecular weight excluding hydrogens is 336 g/mol. The maximum atomic E-state index is 12.8. The summed E-state index contributed by atoms with van der Waals surface area (Å²) in [6.45, 7) is 4.84. The van der Waals surface area contributed by atoms with Crippen LogP contribution in [0.25, 0.3) is 5.57 Å². The van der Waals surface area contributed by atoms with Crippen molar-refractivity contribution in [1.29, 1.82) is 0 Å². The number of nitrogens with one attached hydrogen (secondary N) is 1. The van der Waals surface area contributed by atoms with Crippen molar-refractivity contribution in [2.45, 2.75) is 20.3 Å². The second-order valence-corrected chi connectivity index (χ2v) is 6.52. The van der Waals surface area contributed by atoms with Gasteiger partial charge in [-0.3, -0.25) is 14.5 Å². The highest BCUT2D eigenvalue weighted by Crippen LogP contribution is 2.33. The first-order valence-electron chi connectivity index (χ1n) is 8.30. The summed E-state index contributed by atoms with van der Waals surface area (Å²) in [5, 5.41) is 5.04. The van der Waals surface area contributed by atoms with E-state index in [0.717, 1.165) is 17.0 Å². The lowest BCUT2D eigenvalue weighted by atomic mass is 10.2. The lowest BCUT2D eigenvalue weighted by molar-refractivity contribution is -0.136. The summed E-state index contributed by atoms with van der Waals surface area (Å²) in [5.74, 6) is 0.197. The Labute approximate surface area is 150 Å². The molecule has 5 nitrogen and oxygen atoms in total. The van der Waals surface area contributed by atoms with E-state index in [1.54, 1.807) is 0 Å². The van der Waals surface area contributed by atoms with Crippen LogP contribution >= 0.6 is 11.3 Å². The van der Waals surface area contributed by atoms with Gasteiger partial charge in [0.25, 0.3) is 11.8 Å². The van der Waals surface area contributed by atoms with Crippen LogP contribution in [0, 0.1) is 0 Å². The Hall–Kier alpha value is -2.60. The molecule has 0 saturated carbocycles. The van der Waals surface area contributed by atoms with E-state index in [1.165, 1.54) is 16.2 Å². The summed E-state index contributed by atoms with van der Waals surface area (Å²) in [5.41, 5.74) is 1.49. The second-order valence-electron chi connectivity index (χ2n) is 5.58. The Bertz CT molecular complexity index is 812. The monoisotopic (exact) mass is 356 g/mol. The number of hydrogen-bond donors (Lipinski definition) is 1. The molecule has 0 bridgehead atoms. The van der Waals surface area contributed by atoms with Crippen LogP contribution < -0.4 is 10.1 Å². The van der Waals surface area contributed by atoms with Gasteiger partial charge in [-0.1, -0.05) is 19.1 Å². The Balaban J connectivity index is 1.98. The van der Waals surface area contributed by atoms with E-state index in [9.17, 15) is 9.59 Å². The summed E-state index contributed by atoms with van der Waals surface area (Å²) in [7, 11) is 0. The van der Waals surface area contributed by atoms with Gasteiger partial charge in [0.15, 0.2) is 0 Å². The molecule has 3 rings (SSSR count). The van der Waals surface area contributed by atoms with E-state index >= 15 is 0 Å². The third kappa shape index (κ3) is 3.44. The Morgan fingerprint density at radius 1 is 1.12 bits per heavy atom. The summed E-state index contributed by atoms with van der Waals surface area (Å²) < 4.78 is 5.50. The van der Waals surface area contributed by atoms with Gasteiger partial charge < -0.3 is 10.1 Å². The minimum absolute atomic E-state index is 0.238. The van der Waals surface area contributed by atoms with Crippen molar-refractivity contribution >= 4 is 34.4 Å². The number of imide groups is 1. The summed E-state index contributed by atoms with van der Waals surface area (Å²) >= 11 is 1.45. The lowest BCUT2D eigenvalue weighted by Crippen LogP contribution is -2.33. The number of hydrogen-bond acceptors (Lipinski definition) is 5. The van der Waals surface area contributed by atoms with Gasteiger partial charge in [0.05, 0.1) is 12.2 Å². The third-order valence-electron chi connectivity index (χ3n) is 3.80.